The summed E-state index contributed by atoms with van der Waals surface area (Å²) in [5, 5.41) is 2.60. The number of nitrogens with one attached hydrogen (secondary N) is 2. The normalized spacial score (nSPS) is 10.3. The van der Waals surface area contributed by atoms with Gasteiger partial charge in [0.2, 0.25) is 0 Å². The highest BCUT2D eigenvalue weighted by atomic mass is 35.5. The number of amides is 2. The second-order valence-electron chi connectivity index (χ2n) is 6.03. The summed E-state index contributed by atoms with van der Waals surface area (Å²) in [7, 11) is 0. The summed E-state index contributed by atoms with van der Waals surface area (Å²) in [6.07, 6.45) is 0.0508. The highest BCUT2D eigenvalue weighted by molar-refractivity contribution is 6.30. The number of ether oxygens (including phenoxy) is 1. The SMILES string of the molecule is O=C(COC(=O)Cc1ccc2ccccc2c1)NNC(=O)c1ccc(Cl)cc1. The number of esters is 1. The molecule has 3 aromatic carbocycles. The molecule has 0 aliphatic carbocycles. The Bertz CT molecular complexity index is 1020. The fourth-order valence-corrected chi connectivity index (χ4v) is 2.67. The Morgan fingerprint density at radius 3 is 2.32 bits per heavy atom. The van der Waals surface area contributed by atoms with Gasteiger partial charge in [0.25, 0.3) is 11.8 Å². The number of rotatable bonds is 5. The molecular formula is C21H17ClN2O4. The molecule has 0 radical (unpaired) electrons. The molecule has 28 heavy (non-hydrogen) atoms. The van der Waals surface area contributed by atoms with Gasteiger partial charge in [-0.15, -0.1) is 0 Å². The van der Waals surface area contributed by atoms with E-state index in [9.17, 15) is 14.4 Å². The van der Waals surface area contributed by atoms with Crippen LogP contribution < -0.4 is 10.9 Å². The largest absolute Gasteiger partial charge is 0.455 e. The summed E-state index contributed by atoms with van der Waals surface area (Å²) in [5.41, 5.74) is 5.55. The van der Waals surface area contributed by atoms with E-state index in [0.717, 1.165) is 16.3 Å². The number of carbonyl (C=O) groups excluding carboxylic acids is 3. The fourth-order valence-electron chi connectivity index (χ4n) is 2.55. The minimum absolute atomic E-state index is 0.0508. The van der Waals surface area contributed by atoms with E-state index >= 15 is 0 Å². The summed E-state index contributed by atoms with van der Waals surface area (Å²) in [6, 6.07) is 19.7. The Balaban J connectivity index is 1.43. The molecule has 0 saturated carbocycles. The van der Waals surface area contributed by atoms with Crippen LogP contribution in [0.1, 0.15) is 15.9 Å². The highest BCUT2D eigenvalue weighted by Crippen LogP contribution is 2.16. The van der Waals surface area contributed by atoms with Gasteiger partial charge in [0.15, 0.2) is 6.61 Å². The number of hydrogen-bond donors (Lipinski definition) is 2. The maximum absolute atomic E-state index is 11.9. The van der Waals surface area contributed by atoms with Crippen molar-refractivity contribution >= 4 is 40.2 Å². The van der Waals surface area contributed by atoms with Crippen LogP contribution in [0, 0.1) is 0 Å². The molecular weight excluding hydrogens is 380 g/mol. The fraction of sp³-hybridized carbons (Fsp3) is 0.0952. The van der Waals surface area contributed by atoms with Crippen molar-refractivity contribution in [2.75, 3.05) is 6.61 Å². The maximum Gasteiger partial charge on any atom is 0.310 e. The van der Waals surface area contributed by atoms with Crippen LogP contribution in [-0.2, 0) is 20.7 Å². The van der Waals surface area contributed by atoms with E-state index in [2.05, 4.69) is 10.9 Å². The molecule has 0 saturated heterocycles. The van der Waals surface area contributed by atoms with Gasteiger partial charge < -0.3 is 4.74 Å². The maximum atomic E-state index is 11.9. The Morgan fingerprint density at radius 1 is 0.857 bits per heavy atom. The molecule has 0 aliphatic heterocycles. The van der Waals surface area contributed by atoms with Gasteiger partial charge in [-0.25, -0.2) is 0 Å². The van der Waals surface area contributed by atoms with Gasteiger partial charge in [-0.05, 0) is 40.6 Å². The van der Waals surface area contributed by atoms with Crippen LogP contribution in [0.2, 0.25) is 5.02 Å². The number of hydrogen-bond acceptors (Lipinski definition) is 4. The first-order chi connectivity index (χ1) is 13.5. The van der Waals surface area contributed by atoms with Crippen molar-refractivity contribution in [3.05, 3.63) is 82.9 Å². The smallest absolute Gasteiger partial charge is 0.310 e. The number of carbonyl (C=O) groups is 3. The van der Waals surface area contributed by atoms with Gasteiger partial charge >= 0.3 is 5.97 Å². The molecule has 3 aromatic rings. The van der Waals surface area contributed by atoms with Gasteiger partial charge in [0.05, 0.1) is 6.42 Å². The Hall–Kier alpha value is -3.38. The minimum Gasteiger partial charge on any atom is -0.455 e. The molecule has 0 bridgehead atoms. The van der Waals surface area contributed by atoms with E-state index in [1.54, 1.807) is 12.1 Å². The molecule has 0 atom stereocenters. The molecule has 3 rings (SSSR count). The van der Waals surface area contributed by atoms with Crippen LogP contribution in [0.15, 0.2) is 66.7 Å². The van der Waals surface area contributed by atoms with Gasteiger partial charge in [-0.2, -0.15) is 0 Å². The number of halogens is 1. The summed E-state index contributed by atoms with van der Waals surface area (Å²) in [4.78, 5) is 35.6. The van der Waals surface area contributed by atoms with E-state index in [1.807, 2.05) is 42.5 Å². The molecule has 6 nitrogen and oxygen atoms in total. The van der Waals surface area contributed by atoms with Crippen LogP contribution in [0.5, 0.6) is 0 Å². The van der Waals surface area contributed by atoms with Crippen LogP contribution >= 0.6 is 11.6 Å². The third kappa shape index (κ3) is 5.31. The summed E-state index contributed by atoms with van der Waals surface area (Å²) in [5.74, 6) is -1.68. The van der Waals surface area contributed by atoms with Crippen molar-refractivity contribution in [3.8, 4) is 0 Å². The lowest BCUT2D eigenvalue weighted by atomic mass is 10.1. The predicted octanol–water partition coefficient (Wildman–Crippen LogP) is 3.04. The molecule has 0 spiro atoms. The van der Waals surface area contributed by atoms with E-state index in [0.29, 0.717) is 10.6 Å². The summed E-state index contributed by atoms with van der Waals surface area (Å²) < 4.78 is 4.95. The Kier molecular flexibility index (Phi) is 6.24. The average Bonchev–Trinajstić information content (AvgIpc) is 2.71. The molecule has 142 valence electrons. The van der Waals surface area contributed by atoms with E-state index in [4.69, 9.17) is 16.3 Å². The molecule has 0 unspecified atom stereocenters. The third-order valence-corrected chi connectivity index (χ3v) is 4.20. The van der Waals surface area contributed by atoms with Crippen molar-refractivity contribution < 1.29 is 19.1 Å². The molecule has 7 heteroatoms. The predicted molar refractivity (Wildman–Crippen MR) is 106 cm³/mol. The molecule has 0 aliphatic rings. The molecule has 0 fully saturated rings. The lowest BCUT2D eigenvalue weighted by molar-refractivity contribution is -0.148. The van der Waals surface area contributed by atoms with Crippen LogP contribution in [0.25, 0.3) is 10.8 Å². The quantitative estimate of drug-likeness (QED) is 0.513. The molecule has 0 heterocycles. The Labute approximate surface area is 166 Å². The van der Waals surface area contributed by atoms with Crippen molar-refractivity contribution in [1.82, 2.24) is 10.9 Å². The van der Waals surface area contributed by atoms with Crippen LogP contribution in [-0.4, -0.2) is 24.4 Å². The molecule has 2 amide bonds. The zero-order chi connectivity index (χ0) is 19.9. The van der Waals surface area contributed by atoms with E-state index < -0.39 is 24.4 Å². The van der Waals surface area contributed by atoms with Gasteiger partial charge in [-0.3, -0.25) is 25.2 Å². The number of fused-ring (bicyclic) bond motifs is 1. The topological polar surface area (TPSA) is 84.5 Å². The lowest BCUT2D eigenvalue weighted by Gasteiger charge is -2.08. The van der Waals surface area contributed by atoms with Gasteiger partial charge in [0.1, 0.15) is 0 Å². The lowest BCUT2D eigenvalue weighted by Crippen LogP contribution is -2.43. The standard InChI is InChI=1S/C21H17ClN2O4/c22-18-9-7-16(8-10-18)21(27)24-23-19(25)13-28-20(26)12-14-5-6-15-3-1-2-4-17(15)11-14/h1-11H,12-13H2,(H,23,25)(H,24,27). The first kappa shape index (κ1) is 19.4. The number of benzene rings is 3. The molecule has 2 N–H and O–H groups in total. The van der Waals surface area contributed by atoms with Crippen molar-refractivity contribution in [2.45, 2.75) is 6.42 Å². The number of hydrazine groups is 1. The van der Waals surface area contributed by atoms with Gasteiger partial charge in [-0.1, -0.05) is 54.1 Å². The molecule has 0 aromatic heterocycles. The zero-order valence-electron chi connectivity index (χ0n) is 14.8. The van der Waals surface area contributed by atoms with Gasteiger partial charge in [0, 0.05) is 10.6 Å². The second kappa shape index (κ2) is 9.01. The first-order valence-electron chi connectivity index (χ1n) is 8.49. The average molecular weight is 397 g/mol. The van der Waals surface area contributed by atoms with Crippen molar-refractivity contribution in [1.29, 1.82) is 0 Å². The monoisotopic (exact) mass is 396 g/mol. The van der Waals surface area contributed by atoms with E-state index in [-0.39, 0.29) is 6.42 Å². The first-order valence-corrected chi connectivity index (χ1v) is 8.87. The Morgan fingerprint density at radius 2 is 1.57 bits per heavy atom. The van der Waals surface area contributed by atoms with Crippen molar-refractivity contribution in [2.24, 2.45) is 0 Å². The highest BCUT2D eigenvalue weighted by Gasteiger charge is 2.11. The minimum atomic E-state index is -0.644. The third-order valence-electron chi connectivity index (χ3n) is 3.95. The van der Waals surface area contributed by atoms with Crippen molar-refractivity contribution in [3.63, 3.8) is 0 Å². The van der Waals surface area contributed by atoms with E-state index in [1.165, 1.54) is 12.1 Å². The van der Waals surface area contributed by atoms with Crippen LogP contribution in [0.4, 0.5) is 0 Å². The van der Waals surface area contributed by atoms with Crippen LogP contribution in [0.3, 0.4) is 0 Å². The second-order valence-corrected chi connectivity index (χ2v) is 6.46. The summed E-state index contributed by atoms with van der Waals surface area (Å²) >= 11 is 5.75. The zero-order valence-corrected chi connectivity index (χ0v) is 15.5. The summed E-state index contributed by atoms with van der Waals surface area (Å²) in [6.45, 7) is -0.493.